The first-order chi connectivity index (χ1) is 12.8. The van der Waals surface area contributed by atoms with Gasteiger partial charge in [-0.15, -0.1) is 10.2 Å². The van der Waals surface area contributed by atoms with Gasteiger partial charge in [0.15, 0.2) is 5.82 Å². The number of ether oxygens (including phenoxy) is 2. The predicted molar refractivity (Wildman–Crippen MR) is 103 cm³/mol. The van der Waals surface area contributed by atoms with Crippen molar-refractivity contribution in [2.45, 2.75) is 0 Å². The molecule has 130 valence electrons. The van der Waals surface area contributed by atoms with Crippen LogP contribution in [0.25, 0.3) is 28.5 Å². The lowest BCUT2D eigenvalue weighted by atomic mass is 10.2. The fourth-order valence-corrected chi connectivity index (χ4v) is 3.24. The SMILES string of the molecule is COc1ccc(/C=C/c2nn3c(-c4ccc(OC)cc4)nnc3s2)cc1. The Hall–Kier alpha value is -3.19. The van der Waals surface area contributed by atoms with E-state index in [1.807, 2.05) is 60.7 Å². The minimum absolute atomic E-state index is 0.711. The molecular weight excluding hydrogens is 348 g/mol. The summed E-state index contributed by atoms with van der Waals surface area (Å²) in [7, 11) is 3.30. The first-order valence-corrected chi connectivity index (χ1v) is 8.77. The fourth-order valence-electron chi connectivity index (χ4n) is 2.50. The van der Waals surface area contributed by atoms with E-state index in [1.54, 1.807) is 18.7 Å². The summed E-state index contributed by atoms with van der Waals surface area (Å²) in [5.74, 6) is 2.35. The molecule has 0 aliphatic carbocycles. The quantitative estimate of drug-likeness (QED) is 0.535. The van der Waals surface area contributed by atoms with Gasteiger partial charge in [-0.25, -0.2) is 0 Å². The highest BCUT2D eigenvalue weighted by Gasteiger charge is 2.12. The van der Waals surface area contributed by atoms with Crippen molar-refractivity contribution in [3.63, 3.8) is 0 Å². The van der Waals surface area contributed by atoms with Crippen molar-refractivity contribution >= 4 is 28.4 Å². The molecule has 7 heteroatoms. The second-order valence-electron chi connectivity index (χ2n) is 5.49. The molecule has 0 radical (unpaired) electrons. The van der Waals surface area contributed by atoms with Gasteiger partial charge in [0, 0.05) is 5.56 Å². The monoisotopic (exact) mass is 364 g/mol. The second kappa shape index (κ2) is 6.97. The molecule has 0 saturated heterocycles. The average molecular weight is 364 g/mol. The summed E-state index contributed by atoms with van der Waals surface area (Å²) in [6.45, 7) is 0. The molecule has 0 atom stereocenters. The lowest BCUT2D eigenvalue weighted by molar-refractivity contribution is 0.414. The molecule has 0 aliphatic rings. The molecule has 0 bridgehead atoms. The Morgan fingerprint density at radius 1 is 0.846 bits per heavy atom. The maximum atomic E-state index is 5.19. The highest BCUT2D eigenvalue weighted by molar-refractivity contribution is 7.17. The Labute approximate surface area is 154 Å². The van der Waals surface area contributed by atoms with Gasteiger partial charge in [0.25, 0.3) is 0 Å². The lowest BCUT2D eigenvalue weighted by Gasteiger charge is -2.00. The number of nitrogens with zero attached hydrogens (tertiary/aromatic N) is 4. The molecule has 2 aromatic heterocycles. The van der Waals surface area contributed by atoms with Crippen LogP contribution in [-0.4, -0.2) is 34.0 Å². The van der Waals surface area contributed by atoms with Gasteiger partial charge in [0.1, 0.15) is 16.5 Å². The molecule has 26 heavy (non-hydrogen) atoms. The van der Waals surface area contributed by atoms with Gasteiger partial charge in [-0.3, -0.25) is 0 Å². The van der Waals surface area contributed by atoms with Crippen LogP contribution in [0.5, 0.6) is 11.5 Å². The number of hydrogen-bond donors (Lipinski definition) is 0. The topological polar surface area (TPSA) is 61.5 Å². The van der Waals surface area contributed by atoms with Crippen LogP contribution in [0.4, 0.5) is 0 Å². The van der Waals surface area contributed by atoms with Crippen molar-refractivity contribution < 1.29 is 9.47 Å². The predicted octanol–water partition coefficient (Wildman–Crippen LogP) is 4.04. The fraction of sp³-hybridized carbons (Fsp3) is 0.105. The summed E-state index contributed by atoms with van der Waals surface area (Å²) in [6.07, 6.45) is 3.98. The first-order valence-electron chi connectivity index (χ1n) is 7.95. The normalized spacial score (nSPS) is 11.3. The summed E-state index contributed by atoms with van der Waals surface area (Å²) >= 11 is 1.49. The minimum atomic E-state index is 0.711. The Morgan fingerprint density at radius 2 is 1.50 bits per heavy atom. The van der Waals surface area contributed by atoms with E-state index in [4.69, 9.17) is 9.47 Å². The van der Waals surface area contributed by atoms with Gasteiger partial charge in [-0.2, -0.15) is 9.61 Å². The Kier molecular flexibility index (Phi) is 4.37. The molecule has 0 spiro atoms. The number of fused-ring (bicyclic) bond motifs is 1. The lowest BCUT2D eigenvalue weighted by Crippen LogP contribution is -1.91. The maximum Gasteiger partial charge on any atom is 0.235 e. The van der Waals surface area contributed by atoms with E-state index in [9.17, 15) is 0 Å². The largest absolute Gasteiger partial charge is 0.497 e. The summed E-state index contributed by atoms with van der Waals surface area (Å²) < 4.78 is 12.1. The number of aromatic nitrogens is 4. The van der Waals surface area contributed by atoms with E-state index in [-0.39, 0.29) is 0 Å². The summed E-state index contributed by atoms with van der Waals surface area (Å²) in [5.41, 5.74) is 2.02. The summed E-state index contributed by atoms with van der Waals surface area (Å²) in [6, 6.07) is 15.5. The van der Waals surface area contributed by atoms with Gasteiger partial charge in [-0.05, 0) is 48.0 Å². The van der Waals surface area contributed by atoms with E-state index >= 15 is 0 Å². The van der Waals surface area contributed by atoms with Crippen molar-refractivity contribution in [3.05, 3.63) is 59.1 Å². The molecule has 0 aliphatic heterocycles. The third-order valence-electron chi connectivity index (χ3n) is 3.89. The van der Waals surface area contributed by atoms with Crippen LogP contribution in [-0.2, 0) is 0 Å². The molecule has 2 heterocycles. The molecule has 0 amide bonds. The molecule has 2 aromatic carbocycles. The molecular formula is C19H16N4O2S. The van der Waals surface area contributed by atoms with Crippen LogP contribution in [0.2, 0.25) is 0 Å². The molecule has 0 N–H and O–H groups in total. The van der Waals surface area contributed by atoms with Gasteiger partial charge in [-0.1, -0.05) is 29.5 Å². The maximum absolute atomic E-state index is 5.19. The summed E-state index contributed by atoms with van der Waals surface area (Å²) in [4.78, 5) is 0.755. The average Bonchev–Trinajstić information content (AvgIpc) is 3.27. The number of methoxy groups -OCH3 is 2. The second-order valence-corrected chi connectivity index (χ2v) is 6.48. The smallest absolute Gasteiger partial charge is 0.235 e. The number of benzene rings is 2. The van der Waals surface area contributed by atoms with E-state index in [0.29, 0.717) is 5.82 Å². The minimum Gasteiger partial charge on any atom is -0.497 e. The van der Waals surface area contributed by atoms with Crippen molar-refractivity contribution in [1.29, 1.82) is 0 Å². The molecule has 4 aromatic rings. The van der Waals surface area contributed by atoms with Crippen molar-refractivity contribution in [2.24, 2.45) is 0 Å². The molecule has 0 saturated carbocycles. The van der Waals surface area contributed by atoms with E-state index in [2.05, 4.69) is 15.3 Å². The van der Waals surface area contributed by atoms with Gasteiger partial charge in [0.2, 0.25) is 4.96 Å². The number of rotatable bonds is 5. The van der Waals surface area contributed by atoms with E-state index < -0.39 is 0 Å². The van der Waals surface area contributed by atoms with Crippen LogP contribution in [0.15, 0.2) is 48.5 Å². The standard InChI is InChI=1S/C19H16N4O2S/c1-24-15-8-3-13(4-9-15)5-12-17-22-23-18(20-21-19(23)26-17)14-6-10-16(25-2)11-7-14/h3-12H,1-2H3/b12-5+. The van der Waals surface area contributed by atoms with Gasteiger partial charge >= 0.3 is 0 Å². The first kappa shape index (κ1) is 16.3. The van der Waals surface area contributed by atoms with Crippen LogP contribution in [0.1, 0.15) is 10.6 Å². The zero-order chi connectivity index (χ0) is 17.9. The van der Waals surface area contributed by atoms with Crippen molar-refractivity contribution in [3.8, 4) is 22.9 Å². The Morgan fingerprint density at radius 3 is 2.15 bits per heavy atom. The van der Waals surface area contributed by atoms with Gasteiger partial charge in [0.05, 0.1) is 14.2 Å². The van der Waals surface area contributed by atoms with Crippen LogP contribution < -0.4 is 9.47 Å². The molecule has 6 nitrogen and oxygen atoms in total. The zero-order valence-corrected chi connectivity index (χ0v) is 15.1. The third-order valence-corrected chi connectivity index (χ3v) is 4.75. The highest BCUT2D eigenvalue weighted by atomic mass is 32.1. The van der Waals surface area contributed by atoms with Crippen molar-refractivity contribution in [2.75, 3.05) is 14.2 Å². The third kappa shape index (κ3) is 3.16. The Balaban J connectivity index is 1.61. The molecule has 0 fully saturated rings. The van der Waals surface area contributed by atoms with Crippen molar-refractivity contribution in [1.82, 2.24) is 19.8 Å². The van der Waals surface area contributed by atoms with E-state index in [0.717, 1.165) is 32.6 Å². The zero-order valence-electron chi connectivity index (χ0n) is 14.3. The van der Waals surface area contributed by atoms with E-state index in [1.165, 1.54) is 11.3 Å². The van der Waals surface area contributed by atoms with Crippen LogP contribution in [0, 0.1) is 0 Å². The molecule has 0 unspecified atom stereocenters. The summed E-state index contributed by atoms with van der Waals surface area (Å²) in [5, 5.41) is 13.9. The number of hydrogen-bond acceptors (Lipinski definition) is 6. The molecule has 4 rings (SSSR count). The van der Waals surface area contributed by atoms with Gasteiger partial charge < -0.3 is 9.47 Å². The highest BCUT2D eigenvalue weighted by Crippen LogP contribution is 2.24. The van der Waals surface area contributed by atoms with Crippen LogP contribution in [0.3, 0.4) is 0 Å². The Bertz CT molecular complexity index is 1050. The van der Waals surface area contributed by atoms with Crippen LogP contribution >= 0.6 is 11.3 Å².